The number of hydrogen-bond acceptors (Lipinski definition) is 2. The average Bonchev–Trinajstić information content (AvgIpc) is 2.93. The molecule has 4 heteroatoms. The molecule has 106 valence electrons. The fraction of sp³-hybridized carbons (Fsp3) is 0.235. The summed E-state index contributed by atoms with van der Waals surface area (Å²) >= 11 is 3.49. The molecule has 1 fully saturated rings. The highest BCUT2D eigenvalue weighted by atomic mass is 79.9. The fourth-order valence-electron chi connectivity index (χ4n) is 3.06. The Morgan fingerprint density at radius 1 is 1.10 bits per heavy atom. The van der Waals surface area contributed by atoms with Gasteiger partial charge in [-0.2, -0.15) is 5.10 Å². The number of aromatic nitrogens is 2. The van der Waals surface area contributed by atoms with Crippen LogP contribution in [0.1, 0.15) is 24.3 Å². The van der Waals surface area contributed by atoms with E-state index in [-0.39, 0.29) is 0 Å². The number of anilines is 1. The van der Waals surface area contributed by atoms with Crippen LogP contribution in [0.4, 0.5) is 5.69 Å². The topological polar surface area (TPSA) is 40.7 Å². The van der Waals surface area contributed by atoms with Gasteiger partial charge in [-0.15, -0.1) is 0 Å². The highest BCUT2D eigenvalue weighted by Gasteiger charge is 2.30. The molecule has 0 radical (unpaired) electrons. The van der Waals surface area contributed by atoms with Crippen molar-refractivity contribution >= 4 is 32.5 Å². The van der Waals surface area contributed by atoms with E-state index in [0.29, 0.717) is 12.0 Å². The number of nitrogens with zero attached hydrogens (tertiary/aromatic N) is 1. The van der Waals surface area contributed by atoms with Gasteiger partial charge in [0.1, 0.15) is 0 Å². The van der Waals surface area contributed by atoms with Crippen molar-refractivity contribution in [3.05, 3.63) is 58.7 Å². The molecule has 1 heterocycles. The van der Waals surface area contributed by atoms with Gasteiger partial charge >= 0.3 is 0 Å². The average molecular weight is 342 g/mol. The van der Waals surface area contributed by atoms with E-state index in [1.54, 1.807) is 0 Å². The molecule has 3 nitrogen and oxygen atoms in total. The van der Waals surface area contributed by atoms with E-state index >= 15 is 0 Å². The van der Waals surface area contributed by atoms with Crippen LogP contribution in [0, 0.1) is 0 Å². The Kier molecular flexibility index (Phi) is 3.19. The molecule has 1 saturated carbocycles. The van der Waals surface area contributed by atoms with Crippen LogP contribution in [0.5, 0.6) is 0 Å². The molecule has 4 rings (SSSR count). The third-order valence-corrected chi connectivity index (χ3v) is 4.85. The van der Waals surface area contributed by atoms with Crippen LogP contribution >= 0.6 is 15.9 Å². The molecule has 0 aliphatic heterocycles. The van der Waals surface area contributed by atoms with E-state index in [9.17, 15) is 0 Å². The van der Waals surface area contributed by atoms with Crippen molar-refractivity contribution < 1.29 is 0 Å². The first-order valence-electron chi connectivity index (χ1n) is 7.24. The van der Waals surface area contributed by atoms with E-state index in [4.69, 9.17) is 0 Å². The van der Waals surface area contributed by atoms with Gasteiger partial charge in [0.15, 0.2) is 0 Å². The van der Waals surface area contributed by atoms with Gasteiger partial charge in [0, 0.05) is 21.6 Å². The number of halogens is 1. The van der Waals surface area contributed by atoms with Crippen LogP contribution in [0.3, 0.4) is 0 Å². The Bertz CT molecular complexity index is 757. The number of H-pyrrole nitrogens is 1. The minimum Gasteiger partial charge on any atom is -0.382 e. The number of fused-ring (bicyclic) bond motifs is 1. The molecule has 1 aliphatic rings. The number of rotatable bonds is 3. The third kappa shape index (κ3) is 2.44. The second-order valence-corrected chi connectivity index (χ2v) is 6.61. The van der Waals surface area contributed by atoms with E-state index < -0.39 is 0 Å². The van der Waals surface area contributed by atoms with Crippen LogP contribution in [0.25, 0.3) is 10.9 Å². The van der Waals surface area contributed by atoms with Gasteiger partial charge in [-0.1, -0.05) is 34.1 Å². The lowest BCUT2D eigenvalue weighted by molar-refractivity contribution is 0.374. The number of nitrogens with one attached hydrogen (secondary N) is 2. The van der Waals surface area contributed by atoms with Crippen LogP contribution in [0.15, 0.2) is 53.1 Å². The second kappa shape index (κ2) is 5.19. The fourth-order valence-corrected chi connectivity index (χ4v) is 3.32. The summed E-state index contributed by atoms with van der Waals surface area (Å²) in [4.78, 5) is 0. The van der Waals surface area contributed by atoms with Crippen LogP contribution < -0.4 is 5.32 Å². The van der Waals surface area contributed by atoms with E-state index in [0.717, 1.165) is 9.99 Å². The Labute approximate surface area is 131 Å². The van der Waals surface area contributed by atoms with E-state index in [1.807, 2.05) is 6.20 Å². The predicted octanol–water partition coefficient (Wildman–Crippen LogP) is 4.68. The molecule has 0 atom stereocenters. The van der Waals surface area contributed by atoms with Gasteiger partial charge < -0.3 is 5.32 Å². The SMILES string of the molecule is Brc1ccc(C2CC(Nc3cccc4[nH]ncc34)C2)cc1. The van der Waals surface area contributed by atoms with E-state index in [1.165, 1.54) is 29.5 Å². The van der Waals surface area contributed by atoms with E-state index in [2.05, 4.69) is 73.9 Å². The lowest BCUT2D eigenvalue weighted by atomic mass is 9.76. The Morgan fingerprint density at radius 3 is 2.71 bits per heavy atom. The zero-order valence-corrected chi connectivity index (χ0v) is 13.1. The summed E-state index contributed by atoms with van der Waals surface area (Å²) in [6, 6.07) is 15.5. The molecular weight excluding hydrogens is 326 g/mol. The van der Waals surface area contributed by atoms with Crippen molar-refractivity contribution in [2.45, 2.75) is 24.8 Å². The quantitative estimate of drug-likeness (QED) is 0.725. The minimum atomic E-state index is 0.555. The number of hydrogen-bond donors (Lipinski definition) is 2. The Morgan fingerprint density at radius 2 is 1.90 bits per heavy atom. The van der Waals surface area contributed by atoms with Crippen molar-refractivity contribution in [1.29, 1.82) is 0 Å². The van der Waals surface area contributed by atoms with Gasteiger partial charge in [0.05, 0.1) is 11.7 Å². The summed E-state index contributed by atoms with van der Waals surface area (Å²) < 4.78 is 1.15. The largest absolute Gasteiger partial charge is 0.382 e. The highest BCUT2D eigenvalue weighted by Crippen LogP contribution is 2.39. The maximum Gasteiger partial charge on any atom is 0.0671 e. The lowest BCUT2D eigenvalue weighted by Gasteiger charge is -2.37. The summed E-state index contributed by atoms with van der Waals surface area (Å²) in [6.45, 7) is 0. The maximum atomic E-state index is 4.11. The first kappa shape index (κ1) is 12.9. The summed E-state index contributed by atoms with van der Waals surface area (Å²) in [5.41, 5.74) is 3.71. The molecule has 0 unspecified atom stereocenters. The normalized spacial score (nSPS) is 21.2. The van der Waals surface area contributed by atoms with Crippen molar-refractivity contribution in [2.24, 2.45) is 0 Å². The Hall–Kier alpha value is -1.81. The maximum absolute atomic E-state index is 4.11. The number of aromatic amines is 1. The predicted molar refractivity (Wildman–Crippen MR) is 89.6 cm³/mol. The zero-order chi connectivity index (χ0) is 14.2. The molecule has 1 aromatic heterocycles. The van der Waals surface area contributed by atoms with Crippen LogP contribution in [0.2, 0.25) is 0 Å². The molecule has 1 aliphatic carbocycles. The second-order valence-electron chi connectivity index (χ2n) is 5.70. The van der Waals surface area contributed by atoms with Crippen LogP contribution in [-0.2, 0) is 0 Å². The molecule has 0 spiro atoms. The molecular formula is C17H16BrN3. The molecule has 2 N–H and O–H groups in total. The van der Waals surface area contributed by atoms with Crippen LogP contribution in [-0.4, -0.2) is 16.2 Å². The van der Waals surface area contributed by atoms with Gasteiger partial charge in [-0.05, 0) is 48.6 Å². The summed E-state index contributed by atoms with van der Waals surface area (Å²) in [5.74, 6) is 0.680. The highest BCUT2D eigenvalue weighted by molar-refractivity contribution is 9.10. The first-order chi connectivity index (χ1) is 10.3. The molecule has 0 amide bonds. The van der Waals surface area contributed by atoms with Gasteiger partial charge in [-0.25, -0.2) is 0 Å². The molecule has 3 aromatic rings. The first-order valence-corrected chi connectivity index (χ1v) is 8.03. The summed E-state index contributed by atoms with van der Waals surface area (Å²) in [7, 11) is 0. The molecule has 0 saturated heterocycles. The van der Waals surface area contributed by atoms with Gasteiger partial charge in [0.2, 0.25) is 0 Å². The summed E-state index contributed by atoms with van der Waals surface area (Å²) in [5, 5.41) is 11.9. The monoisotopic (exact) mass is 341 g/mol. The summed E-state index contributed by atoms with van der Waals surface area (Å²) in [6.07, 6.45) is 4.27. The molecule has 0 bridgehead atoms. The zero-order valence-electron chi connectivity index (χ0n) is 11.5. The van der Waals surface area contributed by atoms with Crippen molar-refractivity contribution in [2.75, 3.05) is 5.32 Å². The van der Waals surface area contributed by atoms with Crippen molar-refractivity contribution in [3.63, 3.8) is 0 Å². The Balaban J connectivity index is 1.44. The molecule has 2 aromatic carbocycles. The van der Waals surface area contributed by atoms with Crippen molar-refractivity contribution in [3.8, 4) is 0 Å². The lowest BCUT2D eigenvalue weighted by Crippen LogP contribution is -2.34. The van der Waals surface area contributed by atoms with Crippen molar-refractivity contribution in [1.82, 2.24) is 10.2 Å². The molecule has 21 heavy (non-hydrogen) atoms. The third-order valence-electron chi connectivity index (χ3n) is 4.32. The van der Waals surface area contributed by atoms with Gasteiger partial charge in [0.25, 0.3) is 0 Å². The standard InChI is InChI=1S/C17H16BrN3/c18-13-6-4-11(5-7-13)12-8-14(9-12)20-16-2-1-3-17-15(16)10-19-21-17/h1-7,10,12,14,20H,8-9H2,(H,19,21). The minimum absolute atomic E-state index is 0.555. The smallest absolute Gasteiger partial charge is 0.0671 e. The number of benzene rings is 2. The van der Waals surface area contributed by atoms with Gasteiger partial charge in [-0.3, -0.25) is 5.10 Å².